The van der Waals surface area contributed by atoms with Crippen molar-refractivity contribution in [2.45, 2.75) is 19.9 Å². The van der Waals surface area contributed by atoms with E-state index < -0.39 is 17.8 Å². The van der Waals surface area contributed by atoms with Crippen LogP contribution < -0.4 is 0 Å². The summed E-state index contributed by atoms with van der Waals surface area (Å²) in [5.74, 6) is -1.77. The highest BCUT2D eigenvalue weighted by Gasteiger charge is 2.23. The van der Waals surface area contributed by atoms with E-state index in [1.807, 2.05) is 0 Å². The maximum absolute atomic E-state index is 12.9. The lowest BCUT2D eigenvalue weighted by molar-refractivity contribution is -0.141. The number of methoxy groups -OCH3 is 1. The van der Waals surface area contributed by atoms with E-state index >= 15 is 0 Å². The van der Waals surface area contributed by atoms with Crippen LogP contribution in [0.4, 0.5) is 4.39 Å². The molecule has 0 aliphatic rings. The molecule has 0 N–H and O–H groups in total. The topological polar surface area (TPSA) is 59.5 Å². The van der Waals surface area contributed by atoms with Crippen LogP contribution in [0.1, 0.15) is 24.3 Å². The molecule has 1 rings (SSSR count). The van der Waals surface area contributed by atoms with Crippen molar-refractivity contribution in [3.63, 3.8) is 0 Å². The molecular weight excluding hydrogens is 239 g/mol. The Morgan fingerprint density at radius 2 is 2.11 bits per heavy atom. The SMILES string of the molecule is COC(=O)CN(C(=O)c1cccc(F)n1)C(C)C. The van der Waals surface area contributed by atoms with Gasteiger partial charge < -0.3 is 9.64 Å². The van der Waals surface area contributed by atoms with E-state index in [0.717, 1.165) is 6.07 Å². The van der Waals surface area contributed by atoms with Gasteiger partial charge in [0.25, 0.3) is 5.91 Å². The van der Waals surface area contributed by atoms with Gasteiger partial charge in [0.05, 0.1) is 7.11 Å². The summed E-state index contributed by atoms with van der Waals surface area (Å²) in [6.45, 7) is 3.31. The van der Waals surface area contributed by atoms with E-state index in [1.165, 1.54) is 24.1 Å². The minimum atomic E-state index is -0.734. The molecule has 0 aromatic carbocycles. The Kier molecular flexibility index (Phi) is 4.76. The summed E-state index contributed by atoms with van der Waals surface area (Å²) in [6, 6.07) is 3.72. The maximum atomic E-state index is 12.9. The molecule has 1 amide bonds. The van der Waals surface area contributed by atoms with Gasteiger partial charge in [0.2, 0.25) is 5.95 Å². The molecule has 98 valence electrons. The lowest BCUT2D eigenvalue weighted by Crippen LogP contribution is -2.41. The smallest absolute Gasteiger partial charge is 0.325 e. The Balaban J connectivity index is 2.93. The van der Waals surface area contributed by atoms with Gasteiger partial charge in [-0.15, -0.1) is 0 Å². The minimum absolute atomic E-state index is 0.0346. The summed E-state index contributed by atoms with van der Waals surface area (Å²) in [5.41, 5.74) is -0.0346. The first kappa shape index (κ1) is 14.1. The number of amides is 1. The number of aromatic nitrogens is 1. The monoisotopic (exact) mass is 254 g/mol. The van der Waals surface area contributed by atoms with Gasteiger partial charge >= 0.3 is 5.97 Å². The molecule has 0 bridgehead atoms. The van der Waals surface area contributed by atoms with Crippen molar-refractivity contribution in [2.75, 3.05) is 13.7 Å². The molecule has 1 aromatic rings. The van der Waals surface area contributed by atoms with Crippen molar-refractivity contribution in [3.8, 4) is 0 Å². The Labute approximate surface area is 105 Å². The molecule has 18 heavy (non-hydrogen) atoms. The summed E-state index contributed by atoms with van der Waals surface area (Å²) in [5, 5.41) is 0. The second kappa shape index (κ2) is 6.09. The van der Waals surface area contributed by atoms with Gasteiger partial charge in [-0.05, 0) is 26.0 Å². The minimum Gasteiger partial charge on any atom is -0.468 e. The average molecular weight is 254 g/mol. The van der Waals surface area contributed by atoms with Crippen molar-refractivity contribution in [1.82, 2.24) is 9.88 Å². The second-order valence-corrected chi connectivity index (χ2v) is 3.95. The molecule has 0 saturated heterocycles. The third kappa shape index (κ3) is 3.51. The third-order valence-corrected chi connectivity index (χ3v) is 2.35. The number of pyridine rings is 1. The summed E-state index contributed by atoms with van der Waals surface area (Å²) in [6.07, 6.45) is 0. The summed E-state index contributed by atoms with van der Waals surface area (Å²) < 4.78 is 17.5. The number of nitrogens with zero attached hydrogens (tertiary/aromatic N) is 2. The summed E-state index contributed by atoms with van der Waals surface area (Å²) in [4.78, 5) is 28.1. The Bertz CT molecular complexity index is 449. The Hall–Kier alpha value is -1.98. The molecule has 0 atom stereocenters. The van der Waals surface area contributed by atoms with Crippen LogP contribution in [0.5, 0.6) is 0 Å². The number of ether oxygens (including phenoxy) is 1. The second-order valence-electron chi connectivity index (χ2n) is 3.95. The van der Waals surface area contributed by atoms with E-state index in [9.17, 15) is 14.0 Å². The lowest BCUT2D eigenvalue weighted by atomic mass is 10.2. The molecule has 0 fully saturated rings. The van der Waals surface area contributed by atoms with Gasteiger partial charge in [0.15, 0.2) is 0 Å². The standard InChI is InChI=1S/C12H15FN2O3/c1-8(2)15(7-11(16)18-3)12(17)9-5-4-6-10(13)14-9/h4-6,8H,7H2,1-3H3. The summed E-state index contributed by atoms with van der Waals surface area (Å²) in [7, 11) is 1.24. The summed E-state index contributed by atoms with van der Waals surface area (Å²) >= 11 is 0. The average Bonchev–Trinajstić information content (AvgIpc) is 2.34. The van der Waals surface area contributed by atoms with Gasteiger partial charge in [-0.25, -0.2) is 4.98 Å². The zero-order valence-corrected chi connectivity index (χ0v) is 10.5. The predicted molar refractivity (Wildman–Crippen MR) is 62.4 cm³/mol. The van der Waals surface area contributed by atoms with Crippen LogP contribution in [-0.4, -0.2) is 41.5 Å². The number of carbonyl (C=O) groups is 2. The number of halogens is 1. The van der Waals surface area contributed by atoms with E-state index in [-0.39, 0.29) is 18.3 Å². The molecule has 0 unspecified atom stereocenters. The molecule has 6 heteroatoms. The van der Waals surface area contributed by atoms with Crippen LogP contribution in [-0.2, 0) is 9.53 Å². The molecule has 5 nitrogen and oxygen atoms in total. The zero-order valence-electron chi connectivity index (χ0n) is 10.5. The first-order valence-electron chi connectivity index (χ1n) is 5.46. The van der Waals surface area contributed by atoms with E-state index in [4.69, 9.17) is 0 Å². The first-order chi connectivity index (χ1) is 8.45. The van der Waals surface area contributed by atoms with Crippen LogP contribution in [0.25, 0.3) is 0 Å². The number of hydrogen-bond donors (Lipinski definition) is 0. The van der Waals surface area contributed by atoms with Crippen LogP contribution in [0, 0.1) is 5.95 Å². The molecule has 0 aliphatic heterocycles. The van der Waals surface area contributed by atoms with Gasteiger partial charge in [0, 0.05) is 6.04 Å². The maximum Gasteiger partial charge on any atom is 0.325 e. The Morgan fingerprint density at radius 1 is 1.44 bits per heavy atom. The van der Waals surface area contributed by atoms with Gasteiger partial charge in [-0.3, -0.25) is 9.59 Å². The van der Waals surface area contributed by atoms with Crippen LogP contribution >= 0.6 is 0 Å². The number of hydrogen-bond acceptors (Lipinski definition) is 4. The first-order valence-corrected chi connectivity index (χ1v) is 5.46. The Morgan fingerprint density at radius 3 is 2.61 bits per heavy atom. The number of esters is 1. The highest BCUT2D eigenvalue weighted by molar-refractivity contribution is 5.94. The van der Waals surface area contributed by atoms with Crippen LogP contribution in [0.2, 0.25) is 0 Å². The molecule has 0 spiro atoms. The molecular formula is C12H15FN2O3. The number of carbonyl (C=O) groups excluding carboxylic acids is 2. The van der Waals surface area contributed by atoms with Gasteiger partial charge in [-0.1, -0.05) is 6.07 Å². The van der Waals surface area contributed by atoms with Crippen molar-refractivity contribution in [2.24, 2.45) is 0 Å². The van der Waals surface area contributed by atoms with Gasteiger partial charge in [0.1, 0.15) is 12.2 Å². The molecule has 0 saturated carbocycles. The van der Waals surface area contributed by atoms with Crippen molar-refractivity contribution < 1.29 is 18.7 Å². The van der Waals surface area contributed by atoms with Gasteiger partial charge in [-0.2, -0.15) is 4.39 Å². The lowest BCUT2D eigenvalue weighted by Gasteiger charge is -2.25. The fourth-order valence-corrected chi connectivity index (χ4v) is 1.37. The van der Waals surface area contributed by atoms with E-state index in [2.05, 4.69) is 9.72 Å². The normalized spacial score (nSPS) is 10.3. The van der Waals surface area contributed by atoms with E-state index in [0.29, 0.717) is 0 Å². The van der Waals surface area contributed by atoms with Crippen molar-refractivity contribution in [3.05, 3.63) is 29.8 Å². The quantitative estimate of drug-likeness (QED) is 0.599. The molecule has 1 aromatic heterocycles. The molecule has 0 aliphatic carbocycles. The highest BCUT2D eigenvalue weighted by Crippen LogP contribution is 2.07. The van der Waals surface area contributed by atoms with Crippen molar-refractivity contribution in [1.29, 1.82) is 0 Å². The fraction of sp³-hybridized carbons (Fsp3) is 0.417. The fourth-order valence-electron chi connectivity index (χ4n) is 1.37. The largest absolute Gasteiger partial charge is 0.468 e. The zero-order chi connectivity index (χ0) is 13.7. The van der Waals surface area contributed by atoms with E-state index in [1.54, 1.807) is 13.8 Å². The highest BCUT2D eigenvalue weighted by atomic mass is 19.1. The van der Waals surface area contributed by atoms with Crippen LogP contribution in [0.15, 0.2) is 18.2 Å². The van der Waals surface area contributed by atoms with Crippen molar-refractivity contribution >= 4 is 11.9 Å². The third-order valence-electron chi connectivity index (χ3n) is 2.35. The number of rotatable bonds is 4. The molecule has 1 heterocycles. The predicted octanol–water partition coefficient (Wildman–Crippen LogP) is 1.24. The van der Waals surface area contributed by atoms with Crippen LogP contribution in [0.3, 0.4) is 0 Å². The molecule has 0 radical (unpaired) electrons.